The van der Waals surface area contributed by atoms with Gasteiger partial charge < -0.3 is 16.0 Å². The lowest BCUT2D eigenvalue weighted by atomic mass is 9.75. The molecule has 0 aromatic heterocycles. The van der Waals surface area contributed by atoms with E-state index in [4.69, 9.17) is 5.73 Å². The van der Waals surface area contributed by atoms with Crippen molar-refractivity contribution in [2.45, 2.75) is 12.8 Å². The van der Waals surface area contributed by atoms with Crippen molar-refractivity contribution < 1.29 is 4.79 Å². The topological polar surface area (TPSA) is 58.4 Å². The molecule has 25 heavy (non-hydrogen) atoms. The fraction of sp³-hybridized carbons (Fsp3) is 0.381. The highest BCUT2D eigenvalue weighted by atomic mass is 16.2. The minimum absolute atomic E-state index is 0.0320. The van der Waals surface area contributed by atoms with E-state index in [1.54, 1.807) is 0 Å². The molecule has 4 heteroatoms. The predicted octanol–water partition coefficient (Wildman–Crippen LogP) is 2.09. The van der Waals surface area contributed by atoms with Crippen LogP contribution in [0.4, 0.5) is 0 Å². The van der Waals surface area contributed by atoms with Crippen molar-refractivity contribution in [3.8, 4) is 0 Å². The first-order valence-electron chi connectivity index (χ1n) is 8.77. The fourth-order valence-electron chi connectivity index (χ4n) is 3.01. The molecule has 1 amide bonds. The second-order valence-electron chi connectivity index (χ2n) is 6.87. The van der Waals surface area contributed by atoms with Gasteiger partial charge in [0.2, 0.25) is 5.91 Å². The zero-order chi connectivity index (χ0) is 18.1. The lowest BCUT2D eigenvalue weighted by molar-refractivity contribution is -0.130. The highest BCUT2D eigenvalue weighted by Gasteiger charge is 2.37. The maximum Gasteiger partial charge on any atom is 0.228 e. The summed E-state index contributed by atoms with van der Waals surface area (Å²) >= 11 is 0. The first-order chi connectivity index (χ1) is 12.1. The van der Waals surface area contributed by atoms with E-state index in [9.17, 15) is 4.79 Å². The Balaban J connectivity index is 2.22. The number of nitrogens with two attached hydrogens (primary N) is 1. The SMILES string of the molecule is CN(C)CCNC(=O)C(CN)(Cc1ccccc1)Cc1ccccc1. The summed E-state index contributed by atoms with van der Waals surface area (Å²) in [7, 11) is 3.99. The molecule has 2 aromatic rings. The van der Waals surface area contributed by atoms with Crippen LogP contribution in [0.5, 0.6) is 0 Å². The van der Waals surface area contributed by atoms with Crippen molar-refractivity contribution in [3.05, 3.63) is 71.8 Å². The number of nitrogens with zero attached hydrogens (tertiary/aromatic N) is 1. The van der Waals surface area contributed by atoms with Gasteiger partial charge in [0.1, 0.15) is 0 Å². The van der Waals surface area contributed by atoms with Crippen molar-refractivity contribution in [3.63, 3.8) is 0 Å². The number of hydrogen-bond acceptors (Lipinski definition) is 3. The summed E-state index contributed by atoms with van der Waals surface area (Å²) in [4.78, 5) is 15.1. The van der Waals surface area contributed by atoms with E-state index in [1.807, 2.05) is 50.5 Å². The minimum Gasteiger partial charge on any atom is -0.354 e. The average molecular weight is 339 g/mol. The van der Waals surface area contributed by atoms with Crippen molar-refractivity contribution in [2.24, 2.45) is 11.1 Å². The van der Waals surface area contributed by atoms with Crippen LogP contribution in [0.25, 0.3) is 0 Å². The summed E-state index contributed by atoms with van der Waals surface area (Å²) in [6.07, 6.45) is 1.26. The molecule has 4 nitrogen and oxygen atoms in total. The number of carbonyl (C=O) groups is 1. The molecule has 0 atom stereocenters. The Morgan fingerprint density at radius 1 is 0.960 bits per heavy atom. The van der Waals surface area contributed by atoms with Crippen LogP contribution in [0.2, 0.25) is 0 Å². The third-order valence-electron chi connectivity index (χ3n) is 4.49. The summed E-state index contributed by atoms with van der Waals surface area (Å²) in [5.41, 5.74) is 7.78. The van der Waals surface area contributed by atoms with Crippen LogP contribution in [0.3, 0.4) is 0 Å². The third kappa shape index (κ3) is 5.69. The first-order valence-corrected chi connectivity index (χ1v) is 8.77. The maximum absolute atomic E-state index is 13.1. The van der Waals surface area contributed by atoms with E-state index >= 15 is 0 Å². The Bertz CT molecular complexity index is 599. The Morgan fingerprint density at radius 2 is 1.44 bits per heavy atom. The number of amides is 1. The standard InChI is InChI=1S/C21H29N3O/c1-24(2)14-13-23-20(25)21(17-22,15-18-9-5-3-6-10-18)16-19-11-7-4-8-12-19/h3-12H,13-17,22H2,1-2H3,(H,23,25). The van der Waals surface area contributed by atoms with Gasteiger partial charge in [-0.25, -0.2) is 0 Å². The Hall–Kier alpha value is -2.17. The number of benzene rings is 2. The molecule has 0 aliphatic heterocycles. The molecule has 2 rings (SSSR count). The highest BCUT2D eigenvalue weighted by molar-refractivity contribution is 5.83. The summed E-state index contributed by atoms with van der Waals surface area (Å²) in [6.45, 7) is 1.74. The van der Waals surface area contributed by atoms with Gasteiger partial charge in [0, 0.05) is 19.6 Å². The molecule has 2 aromatic carbocycles. The van der Waals surface area contributed by atoms with Crippen LogP contribution in [0.15, 0.2) is 60.7 Å². The van der Waals surface area contributed by atoms with E-state index in [2.05, 4.69) is 34.5 Å². The Morgan fingerprint density at radius 3 is 1.84 bits per heavy atom. The highest BCUT2D eigenvalue weighted by Crippen LogP contribution is 2.27. The monoisotopic (exact) mass is 339 g/mol. The number of carbonyl (C=O) groups excluding carboxylic acids is 1. The van der Waals surface area contributed by atoms with Crippen LogP contribution in [0, 0.1) is 5.41 Å². The van der Waals surface area contributed by atoms with Gasteiger partial charge in [0.25, 0.3) is 0 Å². The molecule has 0 aliphatic rings. The maximum atomic E-state index is 13.1. The van der Waals surface area contributed by atoms with Crippen molar-refractivity contribution in [1.29, 1.82) is 0 Å². The molecule has 0 spiro atoms. The van der Waals surface area contributed by atoms with Gasteiger partial charge >= 0.3 is 0 Å². The first kappa shape index (κ1) is 19.2. The fourth-order valence-corrected chi connectivity index (χ4v) is 3.01. The molecule has 0 bridgehead atoms. The minimum atomic E-state index is -0.644. The number of hydrogen-bond donors (Lipinski definition) is 2. The molecule has 0 radical (unpaired) electrons. The molecular formula is C21H29N3O. The number of rotatable bonds is 9. The van der Waals surface area contributed by atoms with Gasteiger partial charge in [0.05, 0.1) is 5.41 Å². The molecule has 0 aliphatic carbocycles. The second kappa shape index (κ2) is 9.35. The van der Waals surface area contributed by atoms with E-state index in [0.29, 0.717) is 25.9 Å². The summed E-state index contributed by atoms with van der Waals surface area (Å²) in [5, 5.41) is 3.09. The van der Waals surface area contributed by atoms with E-state index in [-0.39, 0.29) is 5.91 Å². The van der Waals surface area contributed by atoms with Crippen molar-refractivity contribution >= 4 is 5.91 Å². The molecule has 0 heterocycles. The Labute approximate surface area is 151 Å². The summed E-state index contributed by atoms with van der Waals surface area (Å²) in [5.74, 6) is 0.0320. The molecule has 0 unspecified atom stereocenters. The van der Waals surface area contributed by atoms with Crippen molar-refractivity contribution in [2.75, 3.05) is 33.7 Å². The van der Waals surface area contributed by atoms with Gasteiger partial charge in [-0.2, -0.15) is 0 Å². The largest absolute Gasteiger partial charge is 0.354 e. The smallest absolute Gasteiger partial charge is 0.228 e. The molecule has 0 saturated carbocycles. The van der Waals surface area contributed by atoms with Crippen LogP contribution < -0.4 is 11.1 Å². The third-order valence-corrected chi connectivity index (χ3v) is 4.49. The van der Waals surface area contributed by atoms with Crippen LogP contribution in [-0.2, 0) is 17.6 Å². The zero-order valence-electron chi connectivity index (χ0n) is 15.2. The second-order valence-corrected chi connectivity index (χ2v) is 6.87. The normalized spacial score (nSPS) is 11.5. The van der Waals surface area contributed by atoms with Crippen LogP contribution in [0.1, 0.15) is 11.1 Å². The summed E-state index contributed by atoms with van der Waals surface area (Å²) < 4.78 is 0. The van der Waals surface area contributed by atoms with Crippen molar-refractivity contribution in [1.82, 2.24) is 10.2 Å². The lowest BCUT2D eigenvalue weighted by Crippen LogP contribution is -2.50. The summed E-state index contributed by atoms with van der Waals surface area (Å²) in [6, 6.07) is 20.2. The van der Waals surface area contributed by atoms with E-state index < -0.39 is 5.41 Å². The van der Waals surface area contributed by atoms with Crippen LogP contribution >= 0.6 is 0 Å². The predicted molar refractivity (Wildman–Crippen MR) is 103 cm³/mol. The van der Waals surface area contributed by atoms with Gasteiger partial charge in [-0.1, -0.05) is 60.7 Å². The number of likely N-dealkylation sites (N-methyl/N-ethyl adjacent to an activating group) is 1. The zero-order valence-corrected chi connectivity index (χ0v) is 15.2. The average Bonchev–Trinajstić information content (AvgIpc) is 2.62. The molecule has 0 fully saturated rings. The molecular weight excluding hydrogens is 310 g/mol. The number of nitrogens with one attached hydrogen (secondary N) is 1. The molecule has 134 valence electrons. The van der Waals surface area contributed by atoms with Gasteiger partial charge in [-0.15, -0.1) is 0 Å². The van der Waals surface area contributed by atoms with Gasteiger partial charge in [-0.3, -0.25) is 4.79 Å². The van der Waals surface area contributed by atoms with Gasteiger partial charge in [0.15, 0.2) is 0 Å². The quantitative estimate of drug-likeness (QED) is 0.735. The molecule has 3 N–H and O–H groups in total. The van der Waals surface area contributed by atoms with E-state index in [0.717, 1.165) is 17.7 Å². The van der Waals surface area contributed by atoms with Crippen LogP contribution in [-0.4, -0.2) is 44.5 Å². The van der Waals surface area contributed by atoms with Gasteiger partial charge in [-0.05, 0) is 38.1 Å². The lowest BCUT2D eigenvalue weighted by Gasteiger charge is -2.32. The van der Waals surface area contributed by atoms with E-state index in [1.165, 1.54) is 0 Å². The Kier molecular flexibility index (Phi) is 7.16. The molecule has 0 saturated heterocycles.